The standard InChI is InChI=1S/C25H24ClNO6/c26-25-13-14-27-19(15-31-24(27)30)18(25)11-12-20(32-22(28)16-7-3-1-4-8-16)21(25)33-23(29)17-9-5-2-6-10-17/h1-10,18-21H,11-15H2/t18-,19-,20+,21+,25+/m1/s1. The lowest BCUT2D eigenvalue weighted by Crippen LogP contribution is -2.65. The van der Waals surface area contributed by atoms with Crippen LogP contribution in [0.4, 0.5) is 4.79 Å². The Labute approximate surface area is 196 Å². The van der Waals surface area contributed by atoms with Gasteiger partial charge in [-0.1, -0.05) is 36.4 Å². The van der Waals surface area contributed by atoms with Crippen LogP contribution >= 0.6 is 11.6 Å². The lowest BCUT2D eigenvalue weighted by atomic mass is 9.68. The Morgan fingerprint density at radius 1 is 0.939 bits per heavy atom. The lowest BCUT2D eigenvalue weighted by molar-refractivity contribution is -0.0982. The number of hydrogen-bond acceptors (Lipinski definition) is 6. The third kappa shape index (κ3) is 3.95. The SMILES string of the molecule is O=C(O[C@H]1CC[C@@H]2[C@H]3COC(=O)N3CC[C@@]2(Cl)[C@H]1OC(=O)c1ccccc1)c1ccccc1. The molecule has 0 unspecified atom stereocenters. The monoisotopic (exact) mass is 469 g/mol. The highest BCUT2D eigenvalue weighted by atomic mass is 35.5. The normalized spacial score (nSPS) is 30.6. The molecule has 5 atom stereocenters. The highest BCUT2D eigenvalue weighted by Gasteiger charge is 2.61. The van der Waals surface area contributed by atoms with Crippen molar-refractivity contribution in [3.8, 4) is 0 Å². The zero-order valence-corrected chi connectivity index (χ0v) is 18.6. The molecule has 8 heteroatoms. The van der Waals surface area contributed by atoms with Crippen LogP contribution in [0.15, 0.2) is 60.7 Å². The summed E-state index contributed by atoms with van der Waals surface area (Å²) in [5.41, 5.74) is 0.811. The van der Waals surface area contributed by atoms with Gasteiger partial charge in [0.1, 0.15) is 12.7 Å². The van der Waals surface area contributed by atoms with E-state index in [2.05, 4.69) is 0 Å². The molecule has 5 rings (SSSR count). The number of carbonyl (C=O) groups excluding carboxylic acids is 3. The van der Waals surface area contributed by atoms with Gasteiger partial charge in [-0.25, -0.2) is 14.4 Å². The summed E-state index contributed by atoms with van der Waals surface area (Å²) in [5.74, 6) is -1.17. The number of benzene rings is 2. The van der Waals surface area contributed by atoms with E-state index >= 15 is 0 Å². The fourth-order valence-electron chi connectivity index (χ4n) is 5.27. The Balaban J connectivity index is 1.44. The number of rotatable bonds is 4. The summed E-state index contributed by atoms with van der Waals surface area (Å²) in [7, 11) is 0. The second-order valence-electron chi connectivity index (χ2n) is 8.70. The first-order chi connectivity index (χ1) is 16.0. The van der Waals surface area contributed by atoms with E-state index in [1.54, 1.807) is 53.4 Å². The van der Waals surface area contributed by atoms with Gasteiger partial charge in [-0.3, -0.25) is 0 Å². The fraction of sp³-hybridized carbons (Fsp3) is 0.400. The minimum Gasteiger partial charge on any atom is -0.455 e. The number of halogens is 1. The summed E-state index contributed by atoms with van der Waals surface area (Å²) < 4.78 is 17.1. The highest BCUT2D eigenvalue weighted by Crippen LogP contribution is 2.51. The molecule has 1 saturated carbocycles. The molecular weight excluding hydrogens is 446 g/mol. The van der Waals surface area contributed by atoms with Crippen LogP contribution in [-0.4, -0.2) is 59.2 Å². The Morgan fingerprint density at radius 3 is 2.18 bits per heavy atom. The molecule has 0 aromatic heterocycles. The number of alkyl halides is 1. The maximum absolute atomic E-state index is 13.0. The van der Waals surface area contributed by atoms with E-state index in [0.717, 1.165) is 0 Å². The van der Waals surface area contributed by atoms with E-state index in [9.17, 15) is 14.4 Å². The minimum atomic E-state index is -0.987. The number of esters is 2. The van der Waals surface area contributed by atoms with Gasteiger partial charge in [0.05, 0.1) is 22.0 Å². The van der Waals surface area contributed by atoms with Gasteiger partial charge in [-0.05, 0) is 43.5 Å². The third-order valence-corrected chi connectivity index (χ3v) is 7.60. The Hall–Kier alpha value is -3.06. The van der Waals surface area contributed by atoms with Crippen LogP contribution < -0.4 is 0 Å². The van der Waals surface area contributed by atoms with E-state index < -0.39 is 29.0 Å². The van der Waals surface area contributed by atoms with Gasteiger partial charge in [0, 0.05) is 12.5 Å². The molecule has 2 heterocycles. The van der Waals surface area contributed by atoms with Crippen LogP contribution in [0.3, 0.4) is 0 Å². The van der Waals surface area contributed by atoms with Gasteiger partial charge in [-0.2, -0.15) is 0 Å². The van der Waals surface area contributed by atoms with Gasteiger partial charge in [0.15, 0.2) is 6.10 Å². The zero-order chi connectivity index (χ0) is 23.0. The summed E-state index contributed by atoms with van der Waals surface area (Å²) in [4.78, 5) is 38.6. The van der Waals surface area contributed by atoms with Crippen molar-refractivity contribution in [3.05, 3.63) is 71.8 Å². The highest BCUT2D eigenvalue weighted by molar-refractivity contribution is 6.25. The molecule has 2 aliphatic heterocycles. The van der Waals surface area contributed by atoms with Crippen molar-refractivity contribution in [2.45, 2.75) is 42.4 Å². The van der Waals surface area contributed by atoms with Crippen molar-refractivity contribution in [1.82, 2.24) is 4.90 Å². The first-order valence-electron chi connectivity index (χ1n) is 11.1. The van der Waals surface area contributed by atoms with E-state index in [4.69, 9.17) is 25.8 Å². The summed E-state index contributed by atoms with van der Waals surface area (Å²) in [6.45, 7) is 0.647. The maximum Gasteiger partial charge on any atom is 0.410 e. The molecule has 172 valence electrons. The molecule has 0 spiro atoms. The third-order valence-electron chi connectivity index (χ3n) is 6.91. The van der Waals surface area contributed by atoms with Crippen LogP contribution in [0.5, 0.6) is 0 Å². The quantitative estimate of drug-likeness (QED) is 0.381. The van der Waals surface area contributed by atoms with Crippen LogP contribution in [0.2, 0.25) is 0 Å². The Kier molecular flexibility index (Phi) is 5.74. The molecule has 0 radical (unpaired) electrons. The maximum atomic E-state index is 13.0. The second-order valence-corrected chi connectivity index (χ2v) is 9.40. The minimum absolute atomic E-state index is 0.153. The summed E-state index contributed by atoms with van der Waals surface area (Å²) in [6.07, 6.45) is -0.429. The smallest absolute Gasteiger partial charge is 0.410 e. The number of amides is 1. The van der Waals surface area contributed by atoms with Gasteiger partial charge in [0.25, 0.3) is 0 Å². The van der Waals surface area contributed by atoms with Crippen LogP contribution in [-0.2, 0) is 14.2 Å². The summed E-state index contributed by atoms with van der Waals surface area (Å²) in [6, 6.07) is 17.2. The molecule has 1 aliphatic carbocycles. The van der Waals surface area contributed by atoms with Crippen molar-refractivity contribution in [2.75, 3.05) is 13.2 Å². The van der Waals surface area contributed by atoms with E-state index in [1.807, 2.05) is 12.1 Å². The first-order valence-corrected chi connectivity index (χ1v) is 11.5. The average Bonchev–Trinajstić information content (AvgIpc) is 3.22. The predicted octanol–water partition coefficient (Wildman–Crippen LogP) is 4.05. The molecule has 7 nitrogen and oxygen atoms in total. The second kappa shape index (κ2) is 8.71. The average molecular weight is 470 g/mol. The zero-order valence-electron chi connectivity index (χ0n) is 17.9. The van der Waals surface area contributed by atoms with E-state index in [1.165, 1.54) is 0 Å². The van der Waals surface area contributed by atoms with Crippen molar-refractivity contribution in [2.24, 2.45) is 5.92 Å². The number of fused-ring (bicyclic) bond motifs is 3. The predicted molar refractivity (Wildman–Crippen MR) is 119 cm³/mol. The lowest BCUT2D eigenvalue weighted by Gasteiger charge is -2.53. The van der Waals surface area contributed by atoms with E-state index in [-0.39, 0.29) is 24.7 Å². The molecule has 33 heavy (non-hydrogen) atoms. The molecule has 2 saturated heterocycles. The summed E-state index contributed by atoms with van der Waals surface area (Å²) in [5, 5.41) is 0. The largest absolute Gasteiger partial charge is 0.455 e. The number of hydrogen-bond donors (Lipinski definition) is 0. The Bertz CT molecular complexity index is 1050. The van der Waals surface area contributed by atoms with Crippen LogP contribution in [0, 0.1) is 5.92 Å². The molecule has 2 aromatic rings. The molecule has 3 fully saturated rings. The number of nitrogens with zero attached hydrogens (tertiary/aromatic N) is 1. The van der Waals surface area contributed by atoms with Crippen molar-refractivity contribution in [3.63, 3.8) is 0 Å². The van der Waals surface area contributed by atoms with Gasteiger partial charge < -0.3 is 19.1 Å². The first kappa shape index (κ1) is 21.8. The summed E-state index contributed by atoms with van der Waals surface area (Å²) >= 11 is 7.25. The van der Waals surface area contributed by atoms with Crippen LogP contribution in [0.25, 0.3) is 0 Å². The van der Waals surface area contributed by atoms with Gasteiger partial charge in [-0.15, -0.1) is 11.6 Å². The topological polar surface area (TPSA) is 82.1 Å². The fourth-order valence-corrected chi connectivity index (χ4v) is 5.80. The van der Waals surface area contributed by atoms with Crippen molar-refractivity contribution in [1.29, 1.82) is 0 Å². The molecule has 0 N–H and O–H groups in total. The number of cyclic esters (lactones) is 1. The number of ether oxygens (including phenoxy) is 3. The molecule has 3 aliphatic rings. The van der Waals surface area contributed by atoms with Gasteiger partial charge in [0.2, 0.25) is 0 Å². The molecule has 1 amide bonds. The van der Waals surface area contributed by atoms with E-state index in [0.29, 0.717) is 36.9 Å². The number of carbonyl (C=O) groups is 3. The molecule has 2 aromatic carbocycles. The van der Waals surface area contributed by atoms with Crippen molar-refractivity contribution < 1.29 is 28.6 Å². The number of piperidine rings is 1. The van der Waals surface area contributed by atoms with Crippen LogP contribution in [0.1, 0.15) is 40.0 Å². The molecule has 0 bridgehead atoms. The molecular formula is C25H24ClNO6. The van der Waals surface area contributed by atoms with Gasteiger partial charge >= 0.3 is 18.0 Å². The Morgan fingerprint density at radius 2 is 1.55 bits per heavy atom. The van der Waals surface area contributed by atoms with Crippen molar-refractivity contribution >= 4 is 29.6 Å².